The van der Waals surface area contributed by atoms with E-state index in [-0.39, 0.29) is 0 Å². The number of para-hydroxylation sites is 3. The van der Waals surface area contributed by atoms with Crippen LogP contribution in [0.15, 0.2) is 204 Å². The Bertz CT molecular complexity index is 3380. The van der Waals surface area contributed by atoms with E-state index in [9.17, 15) is 0 Å². The molecular weight excluding hydrogens is 725 g/mol. The van der Waals surface area contributed by atoms with Crippen LogP contribution in [-0.4, -0.2) is 21.6 Å². The number of aliphatic imine (C=N–C) groups is 2. The van der Waals surface area contributed by atoms with Crippen LogP contribution < -0.4 is 0 Å². The van der Waals surface area contributed by atoms with E-state index in [4.69, 9.17) is 4.99 Å². The molecule has 0 saturated carbocycles. The predicted molar refractivity (Wildman–Crippen MR) is 247 cm³/mol. The second-order valence-corrected chi connectivity index (χ2v) is 15.7. The summed E-state index contributed by atoms with van der Waals surface area (Å²) in [6.07, 6.45) is 0. The number of nitrogens with zero attached hydrogens (tertiary/aromatic N) is 4. The molecule has 3 heterocycles. The van der Waals surface area contributed by atoms with E-state index in [1.807, 2.05) is 6.07 Å². The molecule has 274 valence electrons. The van der Waals surface area contributed by atoms with Crippen molar-refractivity contribution in [3.8, 4) is 22.5 Å². The number of benzene rings is 8. The highest BCUT2D eigenvalue weighted by atomic mass is 32.1. The van der Waals surface area contributed by atoms with Gasteiger partial charge in [-0.1, -0.05) is 127 Å². The number of fused-ring (bicyclic) bond motifs is 7. The van der Waals surface area contributed by atoms with Gasteiger partial charge in [0.15, 0.2) is 0 Å². The summed E-state index contributed by atoms with van der Waals surface area (Å²) in [5, 5.41) is 6.06. The van der Waals surface area contributed by atoms with Crippen molar-refractivity contribution >= 4 is 83.2 Å². The molecule has 4 nitrogen and oxygen atoms in total. The zero-order valence-corrected chi connectivity index (χ0v) is 32.4. The number of aromatic nitrogens is 2. The van der Waals surface area contributed by atoms with Crippen molar-refractivity contribution in [1.29, 1.82) is 0 Å². The van der Waals surface area contributed by atoms with Crippen LogP contribution in [0.1, 0.15) is 16.0 Å². The van der Waals surface area contributed by atoms with Gasteiger partial charge >= 0.3 is 0 Å². The van der Waals surface area contributed by atoms with E-state index in [2.05, 4.69) is 209 Å². The minimum Gasteiger partial charge on any atom is -0.309 e. The van der Waals surface area contributed by atoms with E-state index in [1.165, 1.54) is 65.1 Å². The van der Waals surface area contributed by atoms with Crippen LogP contribution in [0.4, 0.5) is 5.69 Å². The summed E-state index contributed by atoms with van der Waals surface area (Å²) in [6, 6.07) is 69.5. The van der Waals surface area contributed by atoms with Gasteiger partial charge in [0, 0.05) is 48.6 Å². The molecule has 0 aliphatic heterocycles. The molecule has 0 unspecified atom stereocenters. The molecule has 0 amide bonds. The molecule has 0 saturated heterocycles. The van der Waals surface area contributed by atoms with Crippen molar-refractivity contribution in [3.05, 3.63) is 210 Å². The monoisotopic (exact) mass is 760 g/mol. The molecule has 0 spiro atoms. The molecule has 5 heteroatoms. The molecule has 8 aromatic carbocycles. The van der Waals surface area contributed by atoms with E-state index in [0.29, 0.717) is 6.54 Å². The van der Waals surface area contributed by atoms with Crippen molar-refractivity contribution < 1.29 is 0 Å². The first-order chi connectivity index (χ1) is 28.7. The van der Waals surface area contributed by atoms with Crippen LogP contribution in [0.3, 0.4) is 0 Å². The predicted octanol–water partition coefficient (Wildman–Crippen LogP) is 14.1. The smallest absolute Gasteiger partial charge is 0.0903 e. The molecule has 58 heavy (non-hydrogen) atoms. The van der Waals surface area contributed by atoms with E-state index in [1.54, 1.807) is 11.3 Å². The van der Waals surface area contributed by atoms with Crippen LogP contribution >= 0.6 is 11.3 Å². The molecule has 0 atom stereocenters. The maximum atomic E-state index is 5.32. The molecule has 0 fully saturated rings. The lowest BCUT2D eigenvalue weighted by Gasteiger charge is -2.11. The van der Waals surface area contributed by atoms with Gasteiger partial charge in [0.25, 0.3) is 0 Å². The summed E-state index contributed by atoms with van der Waals surface area (Å²) in [5.74, 6) is 0. The largest absolute Gasteiger partial charge is 0.309 e. The lowest BCUT2D eigenvalue weighted by atomic mass is 10.0. The average molecular weight is 761 g/mol. The standard InChI is InChI=1S/C53H36N4S/c1-54-52-43-23-10-13-26-50(43)58-53(52)51(36-16-4-2-5-17-36)55-34-35-15-14-20-40(31-35)57-47-25-12-9-22-42(47)45-33-38(28-30-49(45)57)37-27-29-48-44(32-37)41-21-8-11-24-46(41)56(48)39-18-6-3-7-19-39/h2-33H,1,34H2. The highest BCUT2D eigenvalue weighted by molar-refractivity contribution is 7.21. The zero-order chi connectivity index (χ0) is 38.6. The Balaban J connectivity index is 1.00. The van der Waals surface area contributed by atoms with Gasteiger partial charge in [-0.25, -0.2) is 0 Å². The number of rotatable bonds is 8. The quantitative estimate of drug-likeness (QED) is 0.138. The van der Waals surface area contributed by atoms with E-state index in [0.717, 1.165) is 38.5 Å². The van der Waals surface area contributed by atoms with E-state index < -0.39 is 0 Å². The fourth-order valence-electron chi connectivity index (χ4n) is 8.64. The normalized spacial score (nSPS) is 12.0. The van der Waals surface area contributed by atoms with Gasteiger partial charge < -0.3 is 9.13 Å². The Labute approximate surface area is 339 Å². The number of hydrogen-bond acceptors (Lipinski definition) is 3. The Morgan fingerprint density at radius 2 is 1.00 bits per heavy atom. The third-order valence-corrected chi connectivity index (χ3v) is 12.4. The zero-order valence-electron chi connectivity index (χ0n) is 31.6. The molecule has 11 rings (SSSR count). The number of hydrogen-bond donors (Lipinski definition) is 0. The van der Waals surface area contributed by atoms with Crippen molar-refractivity contribution in [2.75, 3.05) is 0 Å². The molecular formula is C53H36N4S. The summed E-state index contributed by atoms with van der Waals surface area (Å²) in [7, 11) is 0. The Kier molecular flexibility index (Phi) is 8.19. The van der Waals surface area contributed by atoms with Gasteiger partial charge in [0.2, 0.25) is 0 Å². The fourth-order valence-corrected chi connectivity index (χ4v) is 9.83. The third kappa shape index (κ3) is 5.59. The molecule has 0 aliphatic rings. The topological polar surface area (TPSA) is 34.6 Å². The highest BCUT2D eigenvalue weighted by Gasteiger charge is 2.19. The van der Waals surface area contributed by atoms with Gasteiger partial charge in [-0.3, -0.25) is 9.98 Å². The summed E-state index contributed by atoms with van der Waals surface area (Å²) in [6.45, 7) is 4.47. The van der Waals surface area contributed by atoms with Crippen molar-refractivity contribution in [2.24, 2.45) is 9.98 Å². The lowest BCUT2D eigenvalue weighted by molar-refractivity contribution is 1.06. The van der Waals surface area contributed by atoms with Gasteiger partial charge in [-0.05, 0) is 90.1 Å². The van der Waals surface area contributed by atoms with Crippen LogP contribution in [0.25, 0.3) is 76.2 Å². The van der Waals surface area contributed by atoms with Gasteiger partial charge in [0.05, 0.1) is 44.9 Å². The summed E-state index contributed by atoms with van der Waals surface area (Å²) >= 11 is 1.72. The molecule has 11 aromatic rings. The summed E-state index contributed by atoms with van der Waals surface area (Å²) in [5.41, 5.74) is 13.4. The second kappa shape index (κ2) is 14.0. The first-order valence-corrected chi connectivity index (χ1v) is 20.4. The molecule has 0 N–H and O–H groups in total. The van der Waals surface area contributed by atoms with Gasteiger partial charge in [-0.2, -0.15) is 0 Å². The lowest BCUT2D eigenvalue weighted by Crippen LogP contribution is -2.03. The van der Waals surface area contributed by atoms with Crippen molar-refractivity contribution in [1.82, 2.24) is 9.13 Å². The average Bonchev–Trinajstić information content (AvgIpc) is 3.94. The fraction of sp³-hybridized carbons (Fsp3) is 0.0189. The Morgan fingerprint density at radius 3 is 1.66 bits per heavy atom. The highest BCUT2D eigenvalue weighted by Crippen LogP contribution is 2.41. The summed E-state index contributed by atoms with van der Waals surface area (Å²) < 4.78 is 5.94. The van der Waals surface area contributed by atoms with Crippen LogP contribution in [0.2, 0.25) is 0 Å². The van der Waals surface area contributed by atoms with Crippen LogP contribution in [0, 0.1) is 0 Å². The van der Waals surface area contributed by atoms with E-state index >= 15 is 0 Å². The SMILES string of the molecule is C=Nc1c(C(=NCc2cccc(-n3c4ccccc4c4cc(-c5ccc6c(c5)c5ccccc5n6-c5ccccc5)ccc43)c2)c2ccccc2)sc2ccccc12. The van der Waals surface area contributed by atoms with Gasteiger partial charge in [-0.15, -0.1) is 11.3 Å². The van der Waals surface area contributed by atoms with Crippen molar-refractivity contribution in [3.63, 3.8) is 0 Å². The summed E-state index contributed by atoms with van der Waals surface area (Å²) in [4.78, 5) is 10.9. The van der Waals surface area contributed by atoms with Crippen LogP contribution in [0.5, 0.6) is 0 Å². The first-order valence-electron chi connectivity index (χ1n) is 19.5. The maximum Gasteiger partial charge on any atom is 0.0903 e. The van der Waals surface area contributed by atoms with Crippen LogP contribution in [-0.2, 0) is 6.54 Å². The van der Waals surface area contributed by atoms with Gasteiger partial charge in [0.1, 0.15) is 0 Å². The minimum atomic E-state index is 0.521. The molecule has 0 bridgehead atoms. The molecule has 0 radical (unpaired) electrons. The molecule has 0 aliphatic carbocycles. The third-order valence-electron chi connectivity index (χ3n) is 11.3. The minimum absolute atomic E-state index is 0.521. The Hall–Kier alpha value is -7.34. The van der Waals surface area contributed by atoms with Crippen molar-refractivity contribution in [2.45, 2.75) is 6.54 Å². The Morgan fingerprint density at radius 1 is 0.466 bits per heavy atom. The number of thiophene rings is 1. The second-order valence-electron chi connectivity index (χ2n) is 14.6. The molecule has 3 aromatic heterocycles. The first kappa shape index (κ1) is 34.0. The maximum absolute atomic E-state index is 5.32.